The first-order valence-corrected chi connectivity index (χ1v) is 13.0. The lowest BCUT2D eigenvalue weighted by Gasteiger charge is -2.39. The molecule has 0 aliphatic carbocycles. The molecule has 0 spiro atoms. The summed E-state index contributed by atoms with van der Waals surface area (Å²) in [4.78, 5) is 23.4. The van der Waals surface area contributed by atoms with Crippen molar-refractivity contribution < 1.29 is 36.4 Å². The summed E-state index contributed by atoms with van der Waals surface area (Å²) in [7, 11) is -0.841. The fraction of sp³-hybridized carbons (Fsp3) is 0.739. The number of unbranched alkanes of at least 4 members (excludes halogenated alkanes) is 3. The van der Waals surface area contributed by atoms with Crippen molar-refractivity contribution >= 4 is 21.9 Å². The molecule has 184 valence electrons. The number of allylic oxidation sites excluding steroid dienone is 3. The second kappa shape index (κ2) is 15.3. The van der Waals surface area contributed by atoms with Crippen LogP contribution in [0.15, 0.2) is 24.3 Å². The van der Waals surface area contributed by atoms with Crippen LogP contribution in [0.25, 0.3) is 0 Å². The zero-order chi connectivity index (χ0) is 24.0. The van der Waals surface area contributed by atoms with Crippen molar-refractivity contribution in [1.29, 1.82) is 0 Å². The number of methoxy groups -OCH3 is 2. The van der Waals surface area contributed by atoms with Crippen LogP contribution in [0.4, 0.5) is 0 Å². The van der Waals surface area contributed by atoms with Crippen molar-refractivity contribution in [2.45, 2.75) is 83.2 Å². The molecule has 32 heavy (non-hydrogen) atoms. The molecule has 1 saturated heterocycles. The predicted molar refractivity (Wildman–Crippen MR) is 121 cm³/mol. The van der Waals surface area contributed by atoms with Crippen LogP contribution in [0, 0.1) is 5.92 Å². The molecule has 0 aromatic heterocycles. The molecule has 1 rings (SSSR count). The third-order valence-corrected chi connectivity index (χ3v) is 5.84. The number of ketones is 1. The van der Waals surface area contributed by atoms with Crippen LogP contribution in [-0.4, -0.2) is 59.1 Å². The van der Waals surface area contributed by atoms with Gasteiger partial charge in [0.2, 0.25) is 0 Å². The van der Waals surface area contributed by atoms with Crippen LogP contribution in [-0.2, 0) is 38.1 Å². The van der Waals surface area contributed by atoms with Crippen molar-refractivity contribution in [2.75, 3.05) is 20.5 Å². The summed E-state index contributed by atoms with van der Waals surface area (Å²) in [6.07, 6.45) is 12.1. The summed E-state index contributed by atoms with van der Waals surface area (Å²) < 4.78 is 44.9. The average Bonchev–Trinajstić information content (AvgIpc) is 2.74. The fourth-order valence-corrected chi connectivity index (χ4v) is 4.21. The Hall–Kier alpha value is -1.55. The molecule has 0 amide bonds. The Labute approximate surface area is 192 Å². The Bertz CT molecular complexity index is 728. The van der Waals surface area contributed by atoms with Crippen molar-refractivity contribution in [1.82, 2.24) is 0 Å². The van der Waals surface area contributed by atoms with Gasteiger partial charge in [-0.15, -0.1) is 0 Å². The van der Waals surface area contributed by atoms with Crippen molar-refractivity contribution in [3.8, 4) is 0 Å². The Morgan fingerprint density at radius 2 is 1.84 bits per heavy atom. The third-order valence-electron chi connectivity index (χ3n) is 5.25. The van der Waals surface area contributed by atoms with Gasteiger partial charge in [-0.25, -0.2) is 0 Å². The number of ether oxygens (including phenoxy) is 3. The minimum absolute atomic E-state index is 0.0132. The van der Waals surface area contributed by atoms with E-state index < -0.39 is 28.6 Å². The quantitative estimate of drug-likeness (QED) is 0.116. The fourth-order valence-electron chi connectivity index (χ4n) is 3.54. The molecule has 1 heterocycles. The smallest absolute Gasteiger partial charge is 0.305 e. The number of carbonyl (C=O) groups is 2. The molecule has 4 atom stereocenters. The molecule has 0 aromatic rings. The number of hydrogen-bond acceptors (Lipinski definition) is 8. The van der Waals surface area contributed by atoms with Crippen molar-refractivity contribution in [2.24, 2.45) is 5.92 Å². The van der Waals surface area contributed by atoms with Gasteiger partial charge in [0.05, 0.1) is 25.6 Å². The monoisotopic (exact) mass is 474 g/mol. The number of carbonyl (C=O) groups excluding carboxylic acids is 2. The SMILES string of the molecule is CCCCCC(=O)/C=C/[C@H]1O[C@H](OC)C[C@@H](OS(C)(=O)=O)[C@@H]1C/C=C\CCCC(=O)OC. The molecule has 1 fully saturated rings. The largest absolute Gasteiger partial charge is 0.469 e. The maximum absolute atomic E-state index is 12.2. The van der Waals surface area contributed by atoms with E-state index in [1.54, 1.807) is 6.08 Å². The average molecular weight is 475 g/mol. The minimum Gasteiger partial charge on any atom is -0.469 e. The van der Waals surface area contributed by atoms with Crippen LogP contribution in [0.2, 0.25) is 0 Å². The Kier molecular flexibility index (Phi) is 13.6. The van der Waals surface area contributed by atoms with Crippen LogP contribution in [0.3, 0.4) is 0 Å². The standard InChI is InChI=1S/C23H38O8S/c1-5-6-9-12-18(24)15-16-20-19(13-10-7-8-11-14-22(25)28-2)21(31-32(4,26)27)17-23(29-3)30-20/h7,10,15-16,19-21,23H,5-6,8-9,11-14,17H2,1-4H3/b10-7-,16-15+/t19-,20-,21-,23+/m1/s1. The highest BCUT2D eigenvalue weighted by molar-refractivity contribution is 7.86. The highest BCUT2D eigenvalue weighted by Crippen LogP contribution is 2.33. The molecule has 0 aromatic carbocycles. The zero-order valence-electron chi connectivity index (χ0n) is 19.7. The van der Waals surface area contributed by atoms with E-state index >= 15 is 0 Å². The van der Waals surface area contributed by atoms with E-state index in [0.717, 1.165) is 25.5 Å². The minimum atomic E-state index is -3.69. The van der Waals surface area contributed by atoms with Crippen LogP contribution >= 0.6 is 0 Å². The van der Waals surface area contributed by atoms with E-state index in [1.165, 1.54) is 20.3 Å². The van der Waals surface area contributed by atoms with E-state index in [4.69, 9.17) is 13.7 Å². The second-order valence-corrected chi connectivity index (χ2v) is 9.56. The molecule has 1 aliphatic rings. The van der Waals surface area contributed by atoms with Crippen molar-refractivity contribution in [3.63, 3.8) is 0 Å². The number of hydrogen-bond donors (Lipinski definition) is 0. The number of esters is 1. The Balaban J connectivity index is 2.88. The van der Waals surface area contributed by atoms with Gasteiger partial charge in [-0.2, -0.15) is 8.42 Å². The van der Waals surface area contributed by atoms with Gasteiger partial charge < -0.3 is 14.2 Å². The molecule has 0 radical (unpaired) electrons. The van der Waals surface area contributed by atoms with E-state index in [2.05, 4.69) is 11.7 Å². The van der Waals surface area contributed by atoms with E-state index in [0.29, 0.717) is 32.1 Å². The number of rotatable bonds is 15. The second-order valence-electron chi connectivity index (χ2n) is 7.96. The Morgan fingerprint density at radius 3 is 2.47 bits per heavy atom. The van der Waals surface area contributed by atoms with Gasteiger partial charge in [-0.3, -0.25) is 13.8 Å². The topological polar surface area (TPSA) is 105 Å². The normalized spacial score (nSPS) is 24.2. The molecule has 1 aliphatic heterocycles. The van der Waals surface area contributed by atoms with E-state index in [9.17, 15) is 18.0 Å². The maximum Gasteiger partial charge on any atom is 0.305 e. The molecular formula is C23H38O8S. The summed E-state index contributed by atoms with van der Waals surface area (Å²) in [6.45, 7) is 2.08. The van der Waals surface area contributed by atoms with Crippen molar-refractivity contribution in [3.05, 3.63) is 24.3 Å². The third kappa shape index (κ3) is 11.9. The molecule has 0 saturated carbocycles. The molecule has 0 bridgehead atoms. The van der Waals surface area contributed by atoms with Gasteiger partial charge in [0.1, 0.15) is 0 Å². The van der Waals surface area contributed by atoms with Gasteiger partial charge in [-0.05, 0) is 31.8 Å². The molecule has 9 heteroatoms. The van der Waals surface area contributed by atoms with Crippen LogP contribution in [0.1, 0.15) is 64.7 Å². The first kappa shape index (κ1) is 28.5. The summed E-state index contributed by atoms with van der Waals surface area (Å²) in [5.74, 6) is -0.549. The van der Waals surface area contributed by atoms with E-state index in [-0.39, 0.29) is 24.1 Å². The highest BCUT2D eigenvalue weighted by atomic mass is 32.2. The summed E-state index contributed by atoms with van der Waals surface area (Å²) in [5.41, 5.74) is 0. The predicted octanol–water partition coefficient (Wildman–Crippen LogP) is 3.70. The first-order valence-electron chi connectivity index (χ1n) is 11.2. The maximum atomic E-state index is 12.2. The van der Waals surface area contributed by atoms with Gasteiger partial charge in [0.15, 0.2) is 12.1 Å². The van der Waals surface area contributed by atoms with Gasteiger partial charge in [-0.1, -0.05) is 38.0 Å². The highest BCUT2D eigenvalue weighted by Gasteiger charge is 2.39. The lowest BCUT2D eigenvalue weighted by molar-refractivity contribution is -0.208. The van der Waals surface area contributed by atoms with Gasteiger partial charge >= 0.3 is 5.97 Å². The molecule has 0 unspecified atom stereocenters. The lowest BCUT2D eigenvalue weighted by Crippen LogP contribution is -2.45. The van der Waals surface area contributed by atoms with Gasteiger partial charge in [0, 0.05) is 32.3 Å². The Morgan fingerprint density at radius 1 is 1.09 bits per heavy atom. The van der Waals surface area contributed by atoms with Crippen LogP contribution in [0.5, 0.6) is 0 Å². The summed E-state index contributed by atoms with van der Waals surface area (Å²) in [6, 6.07) is 0. The molecule has 8 nitrogen and oxygen atoms in total. The first-order chi connectivity index (χ1) is 15.2. The van der Waals surface area contributed by atoms with E-state index in [1.807, 2.05) is 12.2 Å². The van der Waals surface area contributed by atoms with Crippen LogP contribution < -0.4 is 0 Å². The lowest BCUT2D eigenvalue weighted by atomic mass is 9.87. The van der Waals surface area contributed by atoms with Gasteiger partial charge in [0.25, 0.3) is 10.1 Å². The molecular weight excluding hydrogens is 436 g/mol. The summed E-state index contributed by atoms with van der Waals surface area (Å²) >= 11 is 0. The zero-order valence-corrected chi connectivity index (χ0v) is 20.5. The molecule has 0 N–H and O–H groups in total. The summed E-state index contributed by atoms with van der Waals surface area (Å²) in [5, 5.41) is 0.